The monoisotopic (exact) mass is 1710 g/mol. The van der Waals surface area contributed by atoms with Crippen LogP contribution in [0.2, 0.25) is 0 Å². The summed E-state index contributed by atoms with van der Waals surface area (Å²) in [5.41, 5.74) is 4.70. The van der Waals surface area contributed by atoms with E-state index in [2.05, 4.69) is 140 Å². The summed E-state index contributed by atoms with van der Waals surface area (Å²) in [4.78, 5) is 0. The zero-order valence-corrected chi connectivity index (χ0v) is 78.1. The third-order valence-electron chi connectivity index (χ3n) is 23.1. The zero-order valence-electron chi connectivity index (χ0n) is 78.1. The van der Waals surface area contributed by atoms with Gasteiger partial charge in [-0.05, 0) is 168 Å². The molecule has 126 heavy (non-hydrogen) atoms. The molecule has 18 nitrogen and oxygen atoms in total. The summed E-state index contributed by atoms with van der Waals surface area (Å²) in [6, 6.07) is 33.5. The molecule has 9 rings (SSSR count). The van der Waals surface area contributed by atoms with Crippen molar-refractivity contribution >= 4 is 11.7 Å². The minimum atomic E-state index is -0.946. The lowest BCUT2D eigenvalue weighted by Gasteiger charge is -2.32. The van der Waals surface area contributed by atoms with Crippen molar-refractivity contribution in [2.75, 3.05) is 66.1 Å². The Labute approximate surface area is 752 Å². The van der Waals surface area contributed by atoms with E-state index >= 15 is 0 Å². The summed E-state index contributed by atoms with van der Waals surface area (Å²) in [7, 11) is 0. The van der Waals surface area contributed by atoms with Gasteiger partial charge < -0.3 is 57.8 Å². The summed E-state index contributed by atoms with van der Waals surface area (Å²) in [6.45, 7) is 40.0. The van der Waals surface area contributed by atoms with E-state index in [0.717, 1.165) is 148 Å². The summed E-state index contributed by atoms with van der Waals surface area (Å²) in [5.74, 6) is 47.0. The number of hydrogen-bond acceptors (Lipinski definition) is 14. The van der Waals surface area contributed by atoms with E-state index in [0.29, 0.717) is 201 Å². The predicted molar refractivity (Wildman–Crippen MR) is 502 cm³/mol. The smallest absolute Gasteiger partial charge is 0.316 e. The Morgan fingerprint density at radius 3 is 0.516 bits per heavy atom. The topological polar surface area (TPSA) is 191 Å². The fourth-order valence-electron chi connectivity index (χ4n) is 13.1. The molecule has 0 N–H and O–H groups in total. The summed E-state index contributed by atoms with van der Waals surface area (Å²) in [6.07, 6.45) is 17.3. The zero-order chi connectivity index (χ0) is 90.8. The number of hydroxylamine groups is 6. The van der Waals surface area contributed by atoms with Crippen LogP contribution in [0.4, 0.5) is 0 Å². The Hall–Kier alpha value is -11.6. The highest BCUT2D eigenvalue weighted by Crippen LogP contribution is 2.41. The molecule has 668 valence electrons. The van der Waals surface area contributed by atoms with Crippen LogP contribution in [0.3, 0.4) is 0 Å². The maximum absolute atomic E-state index is 13.5. The average Bonchev–Trinajstić information content (AvgIpc) is 1.58. The highest BCUT2D eigenvalue weighted by molar-refractivity contribution is 5.97. The van der Waals surface area contributed by atoms with Gasteiger partial charge in [-0.2, -0.15) is 0 Å². The Morgan fingerprint density at radius 2 is 0.389 bits per heavy atom. The third kappa shape index (κ3) is 25.4. The van der Waals surface area contributed by atoms with Gasteiger partial charge >= 0.3 is 11.7 Å². The van der Waals surface area contributed by atoms with Crippen LogP contribution in [0.1, 0.15) is 331 Å². The fourth-order valence-corrected chi connectivity index (χ4v) is 13.1. The van der Waals surface area contributed by atoms with E-state index in [1.165, 1.54) is 0 Å². The average molecular weight is 1710 g/mol. The molecule has 0 saturated carbocycles. The van der Waals surface area contributed by atoms with Crippen molar-refractivity contribution in [1.29, 1.82) is 0 Å². The molecule has 18 heteroatoms. The summed E-state index contributed by atoms with van der Waals surface area (Å²) in [5, 5.41) is 55.8. The molecular formula is C108H132N4O14. The first-order valence-corrected chi connectivity index (χ1v) is 45.9. The van der Waals surface area contributed by atoms with Crippen LogP contribution in [0.15, 0.2) is 109 Å². The number of rotatable bonds is 42. The molecule has 2 aliphatic rings. The first-order chi connectivity index (χ1) is 60.8. The largest absolute Gasteiger partial charge is 0.714 e. The molecule has 0 bridgehead atoms. The second-order valence-electron chi connectivity index (χ2n) is 34.0. The van der Waals surface area contributed by atoms with Gasteiger partial charge in [0.25, 0.3) is 0 Å². The van der Waals surface area contributed by atoms with Crippen molar-refractivity contribution in [2.45, 2.75) is 275 Å². The highest BCUT2D eigenvalue weighted by Gasteiger charge is 2.61. The van der Waals surface area contributed by atoms with Crippen molar-refractivity contribution in [3.8, 4) is 129 Å². The van der Waals surface area contributed by atoms with Gasteiger partial charge in [0, 0.05) is 82.2 Å². The second kappa shape index (κ2) is 48.2. The van der Waals surface area contributed by atoms with Crippen molar-refractivity contribution in [2.24, 2.45) is 0 Å². The minimum absolute atomic E-state index is 0.0710. The molecule has 7 aromatic carbocycles. The molecular weight excluding hydrogens is 1580 g/mol. The van der Waals surface area contributed by atoms with E-state index in [1.807, 2.05) is 84.9 Å². The SMILES string of the molecule is CCCCOc1cc(C#Cc2cc(OCCCC)c(C#Cc3cc(OCCCC)c(C#Cc4cc(OCCCC)c(C#Cc5cc(OCCCC)c(C#Cc6ccc(C7=[N+]([O-])C(C)(C)C(C)(C)N7[O])cc6)cc5OCCCC)cc4OCCCC)cc3OCCCC)cc2OCCCC)c(OCCCC)cc1C#Cc1ccc(C2=[N+]([O-])C(C)(C)C(C)(C)N2[O])cc1. The molecule has 7 aromatic rings. The first-order valence-electron chi connectivity index (χ1n) is 45.9. The maximum atomic E-state index is 13.5. The van der Waals surface area contributed by atoms with Gasteiger partial charge in [0.2, 0.25) is 0 Å². The molecule has 2 heterocycles. The second-order valence-corrected chi connectivity index (χ2v) is 34.0. The van der Waals surface area contributed by atoms with Crippen LogP contribution < -0.4 is 47.4 Å². The number of ether oxygens (including phenoxy) is 10. The molecule has 0 unspecified atom stereocenters. The molecule has 0 amide bonds. The van der Waals surface area contributed by atoms with Crippen molar-refractivity contribution in [3.63, 3.8) is 0 Å². The number of unbranched alkanes of at least 4 members (excludes halogenated alkanes) is 10. The van der Waals surface area contributed by atoms with Crippen molar-refractivity contribution < 1.29 is 67.3 Å². The standard InChI is InChI=1S/C108H132N4O14/c1-19-29-59-117-93-71-85(95(119-61-31-21-3)69-83(93)49-43-79-39-45-81(46-40-79)103-109(113)105(11,12)106(13,14)110(103)114)51-53-87-73-99(123-65-35-25-7)89(75-97(87)121-63-33-23-5)55-57-91-77-102(126-68-38-28-10)92(78-101(91)125-67-37-27-9)58-56-90-76-98(122-64-34-24-6)88(74-100(90)124-66-36-26-8)54-52-86-72-94(118-60-30-20-2)84(70-96(86)120-62-32-22-4)50-44-80-41-47-82(48-42-80)104-111(115)107(15,16)108(17,18)112(104)116/h39-42,45-48,69-78H,19-38,59-68H2,1-18H3. The molecule has 0 fully saturated rings. The lowest BCUT2D eigenvalue weighted by Crippen LogP contribution is -2.53. The number of nitrogens with zero attached hydrogens (tertiary/aromatic N) is 4. The fraction of sp³-hybridized carbons (Fsp3) is 0.481. The molecule has 0 saturated heterocycles. The van der Waals surface area contributed by atoms with Gasteiger partial charge in [-0.25, -0.2) is 0 Å². The van der Waals surface area contributed by atoms with E-state index < -0.39 is 22.2 Å². The van der Waals surface area contributed by atoms with Gasteiger partial charge in [-0.1, -0.05) is 215 Å². The van der Waals surface area contributed by atoms with E-state index in [9.17, 15) is 20.8 Å². The number of amidine groups is 2. The quantitative estimate of drug-likeness (QED) is 0.0152. The Kier molecular flexibility index (Phi) is 37.5. The maximum Gasteiger partial charge on any atom is 0.316 e. The van der Waals surface area contributed by atoms with Crippen LogP contribution >= 0.6 is 0 Å². The summed E-state index contributed by atoms with van der Waals surface area (Å²) >= 11 is 0. The molecule has 0 aliphatic carbocycles. The molecule has 2 radical (unpaired) electrons. The van der Waals surface area contributed by atoms with Crippen molar-refractivity contribution in [3.05, 3.63) is 197 Å². The number of hydrogen-bond donors (Lipinski definition) is 0. The molecule has 0 spiro atoms. The predicted octanol–water partition coefficient (Wildman–Crippen LogP) is 22.8. The molecule has 2 aliphatic heterocycles. The first kappa shape index (κ1) is 98.2. The van der Waals surface area contributed by atoms with Crippen LogP contribution in [0.5, 0.6) is 57.5 Å². The summed E-state index contributed by atoms with van der Waals surface area (Å²) < 4.78 is 68.0. The van der Waals surface area contributed by atoms with Crippen LogP contribution in [-0.2, 0) is 10.4 Å². The van der Waals surface area contributed by atoms with Gasteiger partial charge in [0.1, 0.15) is 68.6 Å². The number of benzene rings is 7. The normalized spacial score (nSPS) is 13.7. The van der Waals surface area contributed by atoms with Gasteiger partial charge in [-0.3, -0.25) is 9.48 Å². The highest BCUT2D eigenvalue weighted by atomic mass is 16.6. The Bertz CT molecular complexity index is 4970. The Morgan fingerprint density at radius 1 is 0.246 bits per heavy atom. The lowest BCUT2D eigenvalue weighted by molar-refractivity contribution is -0.539. The van der Waals surface area contributed by atoms with Crippen LogP contribution in [-0.4, -0.2) is 119 Å². The van der Waals surface area contributed by atoms with Gasteiger partial charge in [0.15, 0.2) is 11.1 Å². The van der Waals surface area contributed by atoms with E-state index in [1.54, 1.807) is 79.7 Å². The van der Waals surface area contributed by atoms with Gasteiger partial charge in [-0.15, -0.1) is 0 Å². The van der Waals surface area contributed by atoms with E-state index in [4.69, 9.17) is 47.4 Å². The molecule has 0 atom stereocenters. The molecule has 0 aromatic heterocycles. The lowest BCUT2D eigenvalue weighted by atomic mass is 9.84. The Balaban J connectivity index is 1.12. The minimum Gasteiger partial charge on any atom is -0.714 e. The van der Waals surface area contributed by atoms with Crippen LogP contribution in [0, 0.1) is 81.5 Å². The van der Waals surface area contributed by atoms with Gasteiger partial charge in [0.05, 0.1) is 133 Å². The third-order valence-corrected chi connectivity index (χ3v) is 23.1. The van der Waals surface area contributed by atoms with Crippen LogP contribution in [0.25, 0.3) is 0 Å². The van der Waals surface area contributed by atoms with E-state index in [-0.39, 0.29) is 11.7 Å². The van der Waals surface area contributed by atoms with Crippen molar-refractivity contribution in [1.82, 2.24) is 10.1 Å².